The van der Waals surface area contributed by atoms with Crippen molar-refractivity contribution in [3.05, 3.63) is 54.4 Å². The minimum atomic E-state index is -1.55. The molecule has 0 spiro atoms. The number of anilines is 1. The molecule has 2 N–H and O–H groups in total. The fourth-order valence-corrected chi connectivity index (χ4v) is 5.09. The second-order valence-corrected chi connectivity index (χ2v) is 10.7. The standard InChI is InChI=1S/C26H30F2N8O4/c1-16(23(37)33-20-12-30-22(13-29-20)40-19-5-4-17(27)10-18(19)28)34-8-9-35(25(2,3)14-34)24(38)26(39)6-7-36-21(11-26)31-15-32-36/h4-5,10,12-13,15-16,39H,6-9,11,14H2,1-3H3,(H,29,33,37)/t16-,26-/m0/s1. The Bertz CT molecular complexity index is 1420. The Hall–Kier alpha value is -4.04. The van der Waals surface area contributed by atoms with Gasteiger partial charge >= 0.3 is 0 Å². The van der Waals surface area contributed by atoms with Gasteiger partial charge in [0.25, 0.3) is 5.91 Å². The second-order valence-electron chi connectivity index (χ2n) is 10.7. The summed E-state index contributed by atoms with van der Waals surface area (Å²) in [7, 11) is 0. The van der Waals surface area contributed by atoms with Crippen molar-refractivity contribution >= 4 is 17.6 Å². The molecule has 0 saturated carbocycles. The number of nitrogens with zero attached hydrogens (tertiary/aromatic N) is 7. The zero-order valence-electron chi connectivity index (χ0n) is 22.3. The maximum atomic E-state index is 13.8. The Morgan fingerprint density at radius 1 is 1.12 bits per heavy atom. The highest BCUT2D eigenvalue weighted by molar-refractivity contribution is 5.93. The number of aromatic nitrogens is 5. The summed E-state index contributed by atoms with van der Waals surface area (Å²) in [6, 6.07) is 2.34. The van der Waals surface area contributed by atoms with E-state index in [0.29, 0.717) is 38.1 Å². The van der Waals surface area contributed by atoms with Crippen LogP contribution in [0.1, 0.15) is 33.0 Å². The Morgan fingerprint density at radius 2 is 1.93 bits per heavy atom. The smallest absolute Gasteiger partial charge is 0.255 e. The predicted molar refractivity (Wildman–Crippen MR) is 137 cm³/mol. The summed E-state index contributed by atoms with van der Waals surface area (Å²) in [5.41, 5.74) is -2.21. The van der Waals surface area contributed by atoms with Crippen LogP contribution in [0.15, 0.2) is 36.9 Å². The summed E-state index contributed by atoms with van der Waals surface area (Å²) in [4.78, 5) is 42.4. The van der Waals surface area contributed by atoms with Gasteiger partial charge in [0, 0.05) is 45.1 Å². The number of aryl methyl sites for hydroxylation is 1. The van der Waals surface area contributed by atoms with Gasteiger partial charge in [0.2, 0.25) is 11.8 Å². The van der Waals surface area contributed by atoms with E-state index in [1.165, 1.54) is 18.7 Å². The minimum absolute atomic E-state index is 0.0287. The number of hydrogen-bond acceptors (Lipinski definition) is 9. The molecule has 4 heterocycles. The second kappa shape index (κ2) is 10.5. The predicted octanol–water partition coefficient (Wildman–Crippen LogP) is 1.77. The van der Waals surface area contributed by atoms with E-state index in [4.69, 9.17) is 4.74 Å². The number of benzene rings is 1. The minimum Gasteiger partial charge on any atom is -0.434 e. The molecule has 1 aromatic carbocycles. The number of carbonyl (C=O) groups is 2. The molecular formula is C26H30F2N8O4. The van der Waals surface area contributed by atoms with E-state index in [1.807, 2.05) is 18.7 Å². The van der Waals surface area contributed by atoms with Gasteiger partial charge in [-0.3, -0.25) is 14.5 Å². The van der Waals surface area contributed by atoms with E-state index in [0.717, 1.165) is 12.1 Å². The number of piperazine rings is 1. The molecule has 212 valence electrons. The fourth-order valence-electron chi connectivity index (χ4n) is 5.09. The van der Waals surface area contributed by atoms with Crippen molar-refractivity contribution in [3.63, 3.8) is 0 Å². The third-order valence-electron chi connectivity index (χ3n) is 7.37. The van der Waals surface area contributed by atoms with Crippen molar-refractivity contribution in [2.24, 2.45) is 0 Å². The Labute approximate surface area is 229 Å². The first-order valence-corrected chi connectivity index (χ1v) is 12.9. The lowest BCUT2D eigenvalue weighted by Gasteiger charge is -2.50. The number of nitrogens with one attached hydrogen (secondary N) is 1. The van der Waals surface area contributed by atoms with E-state index < -0.39 is 28.8 Å². The van der Waals surface area contributed by atoms with Crippen LogP contribution in [-0.2, 0) is 22.6 Å². The lowest BCUT2D eigenvalue weighted by Crippen LogP contribution is -2.67. The molecule has 14 heteroatoms. The van der Waals surface area contributed by atoms with Crippen molar-refractivity contribution < 1.29 is 28.2 Å². The van der Waals surface area contributed by atoms with Crippen LogP contribution in [0.4, 0.5) is 14.6 Å². The molecule has 12 nitrogen and oxygen atoms in total. The van der Waals surface area contributed by atoms with Gasteiger partial charge < -0.3 is 20.1 Å². The third kappa shape index (κ3) is 5.49. The van der Waals surface area contributed by atoms with E-state index in [1.54, 1.807) is 16.5 Å². The number of carbonyl (C=O) groups excluding carboxylic acids is 2. The first-order chi connectivity index (χ1) is 18.9. The van der Waals surface area contributed by atoms with Gasteiger partial charge in [-0.15, -0.1) is 0 Å². The highest BCUT2D eigenvalue weighted by Crippen LogP contribution is 2.31. The quantitative estimate of drug-likeness (QED) is 0.465. The first kappa shape index (κ1) is 27.5. The number of ether oxygens (including phenoxy) is 1. The van der Waals surface area contributed by atoms with E-state index in [-0.39, 0.29) is 42.1 Å². The third-order valence-corrected chi connectivity index (χ3v) is 7.37. The summed E-state index contributed by atoms with van der Waals surface area (Å²) in [5, 5.41) is 18.1. The van der Waals surface area contributed by atoms with Crippen LogP contribution in [0.2, 0.25) is 0 Å². The molecule has 2 aliphatic rings. The van der Waals surface area contributed by atoms with Crippen molar-refractivity contribution in [1.82, 2.24) is 34.5 Å². The fraction of sp³-hybridized carbons (Fsp3) is 0.462. The molecule has 5 rings (SSSR count). The molecule has 2 amide bonds. The summed E-state index contributed by atoms with van der Waals surface area (Å²) >= 11 is 0. The molecule has 40 heavy (non-hydrogen) atoms. The molecule has 0 bridgehead atoms. The number of aliphatic hydroxyl groups is 1. The van der Waals surface area contributed by atoms with Crippen LogP contribution in [-0.4, -0.2) is 88.3 Å². The first-order valence-electron chi connectivity index (χ1n) is 12.9. The Kier molecular flexibility index (Phi) is 7.23. The number of rotatable bonds is 6. The molecule has 2 aliphatic heterocycles. The van der Waals surface area contributed by atoms with Gasteiger partial charge in [0.15, 0.2) is 23.0 Å². The summed E-state index contributed by atoms with van der Waals surface area (Å²) in [6.07, 6.45) is 4.26. The van der Waals surface area contributed by atoms with Crippen molar-refractivity contribution in [1.29, 1.82) is 0 Å². The van der Waals surface area contributed by atoms with Gasteiger partial charge in [-0.2, -0.15) is 5.10 Å². The number of fused-ring (bicyclic) bond motifs is 1. The van der Waals surface area contributed by atoms with Gasteiger partial charge in [-0.25, -0.2) is 28.4 Å². The molecule has 1 saturated heterocycles. The number of amides is 2. The number of halogens is 2. The summed E-state index contributed by atoms with van der Waals surface area (Å²) in [5.74, 6) is -1.77. The summed E-state index contributed by atoms with van der Waals surface area (Å²) in [6.45, 7) is 7.15. The van der Waals surface area contributed by atoms with Gasteiger partial charge in [0.05, 0.1) is 24.0 Å². The van der Waals surface area contributed by atoms with Crippen LogP contribution >= 0.6 is 0 Å². The SMILES string of the molecule is C[C@@H](C(=O)Nc1cnc(Oc2ccc(F)cc2F)cn1)N1CCN(C(=O)[C@]2(O)CCn3ncnc3C2)C(C)(C)C1. The monoisotopic (exact) mass is 556 g/mol. The maximum Gasteiger partial charge on any atom is 0.255 e. The molecule has 2 aromatic heterocycles. The maximum absolute atomic E-state index is 13.8. The van der Waals surface area contributed by atoms with Gasteiger partial charge in [0.1, 0.15) is 18.0 Å². The van der Waals surface area contributed by atoms with Crippen LogP contribution in [0, 0.1) is 11.6 Å². The van der Waals surface area contributed by atoms with Gasteiger partial charge in [-0.1, -0.05) is 0 Å². The molecule has 1 fully saturated rings. The zero-order chi connectivity index (χ0) is 28.7. The normalized spacial score (nSPS) is 21.4. The summed E-state index contributed by atoms with van der Waals surface area (Å²) < 4.78 is 33.9. The highest BCUT2D eigenvalue weighted by atomic mass is 19.1. The molecule has 2 atom stereocenters. The van der Waals surface area contributed by atoms with Gasteiger partial charge in [-0.05, 0) is 32.9 Å². The Balaban J connectivity index is 1.18. The van der Waals surface area contributed by atoms with E-state index >= 15 is 0 Å². The van der Waals surface area contributed by atoms with Crippen molar-refractivity contribution in [2.75, 3.05) is 25.0 Å². The average molecular weight is 557 g/mol. The highest BCUT2D eigenvalue weighted by Gasteiger charge is 2.48. The average Bonchev–Trinajstić information content (AvgIpc) is 3.37. The topological polar surface area (TPSA) is 139 Å². The van der Waals surface area contributed by atoms with Crippen molar-refractivity contribution in [2.45, 2.75) is 57.3 Å². The van der Waals surface area contributed by atoms with E-state index in [9.17, 15) is 23.5 Å². The lowest BCUT2D eigenvalue weighted by atomic mass is 9.87. The van der Waals surface area contributed by atoms with Crippen LogP contribution < -0.4 is 10.1 Å². The molecule has 0 unspecified atom stereocenters. The van der Waals surface area contributed by atoms with Crippen LogP contribution in [0.5, 0.6) is 11.6 Å². The number of hydrogen-bond donors (Lipinski definition) is 2. The van der Waals surface area contributed by atoms with Crippen LogP contribution in [0.25, 0.3) is 0 Å². The van der Waals surface area contributed by atoms with Crippen molar-refractivity contribution in [3.8, 4) is 11.6 Å². The molecule has 0 aliphatic carbocycles. The largest absolute Gasteiger partial charge is 0.434 e. The van der Waals surface area contributed by atoms with Crippen LogP contribution in [0.3, 0.4) is 0 Å². The molecule has 3 aromatic rings. The lowest BCUT2D eigenvalue weighted by molar-refractivity contribution is -0.164. The molecule has 0 radical (unpaired) electrons. The Morgan fingerprint density at radius 3 is 2.62 bits per heavy atom. The van der Waals surface area contributed by atoms with E-state index in [2.05, 4.69) is 25.4 Å². The zero-order valence-corrected chi connectivity index (χ0v) is 22.3. The molecular weight excluding hydrogens is 526 g/mol.